The summed E-state index contributed by atoms with van der Waals surface area (Å²) >= 11 is 0. The van der Waals surface area contributed by atoms with Crippen LogP contribution in [0.1, 0.15) is 303 Å². The molecule has 50 heavy (non-hydrogen) atoms. The maximum Gasteiger partial charge on any atom is 0.00885 e. The molecule has 0 heterocycles. The Kier molecular flexibility index (Phi) is 46.2. The quantitative estimate of drug-likeness (QED) is 0.0439. The van der Waals surface area contributed by atoms with Gasteiger partial charge in [0.2, 0.25) is 0 Å². The minimum Gasteiger partial charge on any atom is -0.107 e. The van der Waals surface area contributed by atoms with E-state index in [0.29, 0.717) is 0 Å². The Bertz CT molecular complexity index is 636. The number of unbranched alkanes of at least 4 members (excludes halogenated alkanes) is 40. The van der Waals surface area contributed by atoms with Gasteiger partial charge in [-0.05, 0) is 19.3 Å². The van der Waals surface area contributed by atoms with E-state index in [1.54, 1.807) is 0 Å². The Morgan fingerprint density at radius 1 is 0.280 bits per heavy atom. The Morgan fingerprint density at radius 3 is 0.700 bits per heavy atom. The molecule has 0 radical (unpaired) electrons. The second kappa shape index (κ2) is 46.6. The van der Waals surface area contributed by atoms with E-state index in [9.17, 15) is 0 Å². The van der Waals surface area contributed by atoms with Gasteiger partial charge in [-0.1, -0.05) is 284 Å². The lowest BCUT2D eigenvalue weighted by atomic mass is 9.96. The molecule has 0 aliphatic rings. The van der Waals surface area contributed by atoms with Gasteiger partial charge in [-0.3, -0.25) is 0 Å². The van der Waals surface area contributed by atoms with Crippen molar-refractivity contribution < 1.29 is 0 Å². The van der Waals surface area contributed by atoms with Crippen molar-refractivity contribution in [2.45, 2.75) is 303 Å². The minimum atomic E-state index is 0.938. The van der Waals surface area contributed by atoms with E-state index in [4.69, 9.17) is 0 Å². The molecule has 0 N–H and O–H groups in total. The second-order valence-corrected chi connectivity index (χ2v) is 17.0. The van der Waals surface area contributed by atoms with Gasteiger partial charge in [-0.15, -0.1) is 11.8 Å². The molecular formula is C50H98. The van der Waals surface area contributed by atoms with Crippen LogP contribution in [0.15, 0.2) is 0 Å². The summed E-state index contributed by atoms with van der Waals surface area (Å²) < 4.78 is 0. The van der Waals surface area contributed by atoms with E-state index < -0.39 is 0 Å². The first kappa shape index (κ1) is 49.6. The van der Waals surface area contributed by atoms with Crippen LogP contribution in [-0.4, -0.2) is 0 Å². The lowest BCUT2D eigenvalue weighted by molar-refractivity contribution is 0.432. The molecule has 0 aromatic heterocycles. The molecule has 0 aliphatic carbocycles. The van der Waals surface area contributed by atoms with Crippen LogP contribution < -0.4 is 0 Å². The fourth-order valence-electron chi connectivity index (χ4n) is 8.08. The summed E-state index contributed by atoms with van der Waals surface area (Å²) in [7, 11) is 0. The standard InChI is InChI=1S/C50H98/c1-4-6-8-10-12-13-14-15-16-17-18-19-20-21-22-23-24-25-26-27-28-29-30-31-32-33-34-35-36-37-38-39-40-41-43-45-47-49-50(3)48-46-44-42-11-9-7-5-2/h50H,4,6,8-49H2,1-3H3. The smallest absolute Gasteiger partial charge is 0.00885 e. The minimum absolute atomic E-state index is 0.938. The summed E-state index contributed by atoms with van der Waals surface area (Å²) in [6.07, 6.45) is 64.5. The van der Waals surface area contributed by atoms with Crippen molar-refractivity contribution in [1.82, 2.24) is 0 Å². The molecule has 0 bridgehead atoms. The van der Waals surface area contributed by atoms with E-state index in [2.05, 4.69) is 25.7 Å². The van der Waals surface area contributed by atoms with E-state index in [1.165, 1.54) is 276 Å². The van der Waals surface area contributed by atoms with Crippen LogP contribution in [0.5, 0.6) is 0 Å². The highest BCUT2D eigenvalue weighted by Crippen LogP contribution is 2.20. The van der Waals surface area contributed by atoms with Crippen LogP contribution in [0.3, 0.4) is 0 Å². The molecule has 0 nitrogen and oxygen atoms in total. The summed E-state index contributed by atoms with van der Waals surface area (Å²) in [5, 5.41) is 0. The Balaban J connectivity index is 3.10. The van der Waals surface area contributed by atoms with E-state index in [1.807, 2.05) is 6.92 Å². The van der Waals surface area contributed by atoms with Crippen molar-refractivity contribution in [3.8, 4) is 11.8 Å². The summed E-state index contributed by atoms with van der Waals surface area (Å²) in [6, 6.07) is 0. The molecule has 1 unspecified atom stereocenters. The van der Waals surface area contributed by atoms with E-state index >= 15 is 0 Å². The van der Waals surface area contributed by atoms with Crippen LogP contribution >= 0.6 is 0 Å². The summed E-state index contributed by atoms with van der Waals surface area (Å²) in [4.78, 5) is 0. The monoisotopic (exact) mass is 699 g/mol. The first-order chi connectivity index (χ1) is 24.8. The zero-order valence-corrected chi connectivity index (χ0v) is 35.7. The number of hydrogen-bond donors (Lipinski definition) is 0. The van der Waals surface area contributed by atoms with Gasteiger partial charge in [-0.25, -0.2) is 0 Å². The number of hydrogen-bond acceptors (Lipinski definition) is 0. The highest BCUT2D eigenvalue weighted by molar-refractivity contribution is 4.94. The molecule has 0 aromatic carbocycles. The first-order valence-electron chi connectivity index (χ1n) is 24.2. The molecule has 0 rings (SSSR count). The normalized spacial score (nSPS) is 12.0. The van der Waals surface area contributed by atoms with Crippen LogP contribution in [0.4, 0.5) is 0 Å². The van der Waals surface area contributed by atoms with Crippen LogP contribution in [0.25, 0.3) is 0 Å². The number of rotatable bonds is 44. The summed E-state index contributed by atoms with van der Waals surface area (Å²) in [6.45, 7) is 6.74. The molecule has 298 valence electrons. The van der Waals surface area contributed by atoms with Crippen molar-refractivity contribution in [2.75, 3.05) is 0 Å². The first-order valence-corrected chi connectivity index (χ1v) is 24.2. The molecule has 0 saturated carbocycles. The third kappa shape index (κ3) is 45.6. The molecule has 0 amide bonds. The van der Waals surface area contributed by atoms with Gasteiger partial charge in [-0.2, -0.15) is 0 Å². The predicted octanol–water partition coefficient (Wildman–Crippen LogP) is 18.8. The molecule has 1 atom stereocenters. The van der Waals surface area contributed by atoms with E-state index in [0.717, 1.165) is 12.3 Å². The third-order valence-corrected chi connectivity index (χ3v) is 11.7. The molecule has 0 aromatic rings. The van der Waals surface area contributed by atoms with Gasteiger partial charge in [0.15, 0.2) is 0 Å². The van der Waals surface area contributed by atoms with Gasteiger partial charge in [0.25, 0.3) is 0 Å². The average Bonchev–Trinajstić information content (AvgIpc) is 3.12. The second-order valence-electron chi connectivity index (χ2n) is 17.0. The lowest BCUT2D eigenvalue weighted by Crippen LogP contribution is -1.95. The van der Waals surface area contributed by atoms with Crippen molar-refractivity contribution in [3.63, 3.8) is 0 Å². The van der Waals surface area contributed by atoms with E-state index in [-0.39, 0.29) is 0 Å². The summed E-state index contributed by atoms with van der Waals surface area (Å²) in [5.74, 6) is 7.13. The van der Waals surface area contributed by atoms with Gasteiger partial charge in [0.05, 0.1) is 0 Å². The third-order valence-electron chi connectivity index (χ3n) is 11.7. The average molecular weight is 699 g/mol. The Morgan fingerprint density at radius 2 is 0.480 bits per heavy atom. The molecule has 0 spiro atoms. The van der Waals surface area contributed by atoms with Crippen molar-refractivity contribution >= 4 is 0 Å². The highest BCUT2D eigenvalue weighted by atomic mass is 14.1. The highest BCUT2D eigenvalue weighted by Gasteiger charge is 2.02. The van der Waals surface area contributed by atoms with Gasteiger partial charge in [0, 0.05) is 6.42 Å². The van der Waals surface area contributed by atoms with Crippen LogP contribution in [0, 0.1) is 17.8 Å². The van der Waals surface area contributed by atoms with Crippen molar-refractivity contribution in [2.24, 2.45) is 5.92 Å². The fraction of sp³-hybridized carbons (Fsp3) is 0.960. The van der Waals surface area contributed by atoms with Crippen LogP contribution in [0.2, 0.25) is 0 Å². The zero-order valence-electron chi connectivity index (χ0n) is 35.7. The molecule has 0 heteroatoms. The molecule has 0 aliphatic heterocycles. The Labute approximate surface area is 320 Å². The molecule has 0 saturated heterocycles. The maximum atomic E-state index is 3.19. The fourth-order valence-corrected chi connectivity index (χ4v) is 8.08. The SMILES string of the molecule is CC#CCCCCCCC(C)CCCCCCCCCCCCCCCCCCCCCCCCCCCCCCCCCCCCCCC. The van der Waals surface area contributed by atoms with Crippen molar-refractivity contribution in [3.05, 3.63) is 0 Å². The Hall–Kier alpha value is -0.440. The van der Waals surface area contributed by atoms with Gasteiger partial charge in [0.1, 0.15) is 0 Å². The molecular weight excluding hydrogens is 601 g/mol. The van der Waals surface area contributed by atoms with Gasteiger partial charge < -0.3 is 0 Å². The van der Waals surface area contributed by atoms with Crippen LogP contribution in [-0.2, 0) is 0 Å². The topological polar surface area (TPSA) is 0 Å². The largest absolute Gasteiger partial charge is 0.107 e. The predicted molar refractivity (Wildman–Crippen MR) is 231 cm³/mol. The molecule has 0 fully saturated rings. The lowest BCUT2D eigenvalue weighted by Gasteiger charge is -2.11. The van der Waals surface area contributed by atoms with Gasteiger partial charge >= 0.3 is 0 Å². The van der Waals surface area contributed by atoms with Crippen molar-refractivity contribution in [1.29, 1.82) is 0 Å². The summed E-state index contributed by atoms with van der Waals surface area (Å²) in [5.41, 5.74) is 0. The maximum absolute atomic E-state index is 3.19. The zero-order chi connectivity index (χ0) is 36.1.